The highest BCUT2D eigenvalue weighted by Gasteiger charge is 2.26. The SMILES string of the molecule is Cc1c(N)cc(Br)cc1C(=O)N(C)C1CCN(C)CC1. The highest BCUT2D eigenvalue weighted by atomic mass is 79.9. The van der Waals surface area contributed by atoms with E-state index in [1.807, 2.05) is 31.0 Å². The number of hydrogen-bond acceptors (Lipinski definition) is 3. The summed E-state index contributed by atoms with van der Waals surface area (Å²) in [7, 11) is 4.02. The van der Waals surface area contributed by atoms with Crippen molar-refractivity contribution in [2.75, 3.05) is 32.9 Å². The number of halogens is 1. The monoisotopic (exact) mass is 339 g/mol. The van der Waals surface area contributed by atoms with Crippen LogP contribution in [0, 0.1) is 6.92 Å². The van der Waals surface area contributed by atoms with Gasteiger partial charge < -0.3 is 15.5 Å². The van der Waals surface area contributed by atoms with Crippen molar-refractivity contribution >= 4 is 27.5 Å². The third kappa shape index (κ3) is 3.15. The molecule has 1 aliphatic heterocycles. The predicted octanol–water partition coefficient (Wildman–Crippen LogP) is 2.51. The van der Waals surface area contributed by atoms with Crippen molar-refractivity contribution in [3.63, 3.8) is 0 Å². The van der Waals surface area contributed by atoms with Crippen LogP contribution in [0.4, 0.5) is 5.69 Å². The molecule has 1 saturated heterocycles. The Morgan fingerprint density at radius 1 is 1.40 bits per heavy atom. The van der Waals surface area contributed by atoms with Crippen LogP contribution in [-0.4, -0.2) is 48.9 Å². The Morgan fingerprint density at radius 2 is 2.00 bits per heavy atom. The summed E-state index contributed by atoms with van der Waals surface area (Å²) in [5.41, 5.74) is 8.15. The van der Waals surface area contributed by atoms with E-state index >= 15 is 0 Å². The molecule has 1 fully saturated rings. The molecule has 0 unspecified atom stereocenters. The van der Waals surface area contributed by atoms with Gasteiger partial charge in [0.15, 0.2) is 0 Å². The second-order valence-corrected chi connectivity index (χ2v) is 6.53. The Bertz CT molecular complexity index is 510. The molecular weight excluding hydrogens is 318 g/mol. The number of amides is 1. The zero-order valence-electron chi connectivity index (χ0n) is 12.3. The summed E-state index contributed by atoms with van der Waals surface area (Å²) in [4.78, 5) is 16.9. The first-order valence-corrected chi connectivity index (χ1v) is 7.70. The fourth-order valence-corrected chi connectivity index (χ4v) is 3.14. The van der Waals surface area contributed by atoms with Crippen LogP contribution >= 0.6 is 15.9 Å². The Labute approximate surface area is 129 Å². The summed E-state index contributed by atoms with van der Waals surface area (Å²) in [6.07, 6.45) is 2.06. The van der Waals surface area contributed by atoms with Crippen molar-refractivity contribution in [3.05, 3.63) is 27.7 Å². The van der Waals surface area contributed by atoms with Crippen molar-refractivity contribution in [1.82, 2.24) is 9.80 Å². The Morgan fingerprint density at radius 3 is 2.60 bits per heavy atom. The lowest BCUT2D eigenvalue weighted by Gasteiger charge is -2.35. The van der Waals surface area contributed by atoms with Gasteiger partial charge in [-0.3, -0.25) is 4.79 Å². The number of piperidine rings is 1. The minimum atomic E-state index is 0.0602. The smallest absolute Gasteiger partial charge is 0.254 e. The summed E-state index contributed by atoms with van der Waals surface area (Å²) in [6.45, 7) is 3.99. The van der Waals surface area contributed by atoms with Crippen LogP contribution in [0.3, 0.4) is 0 Å². The highest BCUT2D eigenvalue weighted by molar-refractivity contribution is 9.10. The van der Waals surface area contributed by atoms with Crippen molar-refractivity contribution in [2.45, 2.75) is 25.8 Å². The van der Waals surface area contributed by atoms with E-state index in [2.05, 4.69) is 27.9 Å². The summed E-state index contributed by atoms with van der Waals surface area (Å²) < 4.78 is 0.848. The molecule has 2 N–H and O–H groups in total. The second kappa shape index (κ2) is 6.14. The van der Waals surface area contributed by atoms with E-state index in [1.54, 1.807) is 0 Å². The van der Waals surface area contributed by atoms with E-state index in [0.717, 1.165) is 36.0 Å². The number of nitrogens with two attached hydrogens (primary N) is 1. The lowest BCUT2D eigenvalue weighted by molar-refractivity contribution is 0.0659. The predicted molar refractivity (Wildman–Crippen MR) is 85.9 cm³/mol. The first-order valence-electron chi connectivity index (χ1n) is 6.91. The number of nitrogens with zero attached hydrogens (tertiary/aromatic N) is 2. The number of likely N-dealkylation sites (tertiary alicyclic amines) is 1. The van der Waals surface area contributed by atoms with Gasteiger partial charge in [0.05, 0.1) is 0 Å². The van der Waals surface area contributed by atoms with E-state index in [-0.39, 0.29) is 5.91 Å². The minimum Gasteiger partial charge on any atom is -0.398 e. The molecule has 5 heteroatoms. The average molecular weight is 340 g/mol. The third-order valence-electron chi connectivity index (χ3n) is 4.20. The topological polar surface area (TPSA) is 49.6 Å². The third-order valence-corrected chi connectivity index (χ3v) is 4.66. The molecule has 0 radical (unpaired) electrons. The normalized spacial score (nSPS) is 17.2. The molecule has 1 amide bonds. The van der Waals surface area contributed by atoms with Gasteiger partial charge in [0.1, 0.15) is 0 Å². The van der Waals surface area contributed by atoms with E-state index in [1.165, 1.54) is 0 Å². The Kier molecular flexibility index (Phi) is 4.70. The maximum absolute atomic E-state index is 12.7. The van der Waals surface area contributed by atoms with Crippen molar-refractivity contribution in [3.8, 4) is 0 Å². The van der Waals surface area contributed by atoms with Crippen molar-refractivity contribution in [2.24, 2.45) is 0 Å². The summed E-state index contributed by atoms with van der Waals surface area (Å²) in [5, 5.41) is 0. The van der Waals surface area contributed by atoms with Gasteiger partial charge in [-0.15, -0.1) is 0 Å². The maximum atomic E-state index is 12.7. The maximum Gasteiger partial charge on any atom is 0.254 e. The second-order valence-electron chi connectivity index (χ2n) is 5.62. The lowest BCUT2D eigenvalue weighted by atomic mass is 10.0. The van der Waals surface area contributed by atoms with E-state index in [4.69, 9.17) is 5.73 Å². The molecule has 20 heavy (non-hydrogen) atoms. The molecule has 1 aliphatic rings. The number of hydrogen-bond donors (Lipinski definition) is 1. The van der Waals surface area contributed by atoms with Gasteiger partial charge in [0, 0.05) is 28.8 Å². The largest absolute Gasteiger partial charge is 0.398 e. The van der Waals surface area contributed by atoms with Gasteiger partial charge >= 0.3 is 0 Å². The standard InChI is InChI=1S/C15H22BrN3O/c1-10-13(8-11(16)9-14(10)17)15(20)19(3)12-4-6-18(2)7-5-12/h8-9,12H,4-7,17H2,1-3H3. The van der Waals surface area contributed by atoms with Gasteiger partial charge in [-0.05, 0) is 57.6 Å². The number of carbonyl (C=O) groups excluding carboxylic acids is 1. The number of carbonyl (C=O) groups is 1. The molecule has 0 spiro atoms. The fraction of sp³-hybridized carbons (Fsp3) is 0.533. The molecule has 1 heterocycles. The minimum absolute atomic E-state index is 0.0602. The molecule has 0 bridgehead atoms. The lowest BCUT2D eigenvalue weighted by Crippen LogP contribution is -2.44. The molecule has 0 aromatic heterocycles. The average Bonchev–Trinajstić information content (AvgIpc) is 2.42. The molecule has 1 aromatic rings. The van der Waals surface area contributed by atoms with Crippen LogP contribution in [0.25, 0.3) is 0 Å². The van der Waals surface area contributed by atoms with Crippen LogP contribution < -0.4 is 5.73 Å². The van der Waals surface area contributed by atoms with Crippen LogP contribution in [0.1, 0.15) is 28.8 Å². The molecule has 2 rings (SSSR count). The quantitative estimate of drug-likeness (QED) is 0.842. The number of anilines is 1. The van der Waals surface area contributed by atoms with Crippen LogP contribution in [0.5, 0.6) is 0 Å². The number of nitrogen functional groups attached to an aromatic ring is 1. The Balaban J connectivity index is 2.19. The van der Waals surface area contributed by atoms with Gasteiger partial charge in [-0.2, -0.15) is 0 Å². The Hall–Kier alpha value is -1.07. The molecular formula is C15H22BrN3O. The van der Waals surface area contributed by atoms with Crippen LogP contribution in [0.2, 0.25) is 0 Å². The highest BCUT2D eigenvalue weighted by Crippen LogP contribution is 2.25. The molecule has 1 aromatic carbocycles. The number of benzene rings is 1. The van der Waals surface area contributed by atoms with Gasteiger partial charge in [-0.25, -0.2) is 0 Å². The molecule has 4 nitrogen and oxygen atoms in total. The van der Waals surface area contributed by atoms with E-state index in [0.29, 0.717) is 17.3 Å². The number of rotatable bonds is 2. The summed E-state index contributed by atoms with van der Waals surface area (Å²) in [6, 6.07) is 4.01. The van der Waals surface area contributed by atoms with Crippen molar-refractivity contribution < 1.29 is 4.79 Å². The van der Waals surface area contributed by atoms with Crippen LogP contribution in [0.15, 0.2) is 16.6 Å². The van der Waals surface area contributed by atoms with Crippen molar-refractivity contribution in [1.29, 1.82) is 0 Å². The van der Waals surface area contributed by atoms with E-state index in [9.17, 15) is 4.79 Å². The van der Waals surface area contributed by atoms with Gasteiger partial charge in [-0.1, -0.05) is 15.9 Å². The molecule has 0 saturated carbocycles. The summed E-state index contributed by atoms with van der Waals surface area (Å²) in [5.74, 6) is 0.0602. The first-order chi connectivity index (χ1) is 9.40. The summed E-state index contributed by atoms with van der Waals surface area (Å²) >= 11 is 3.41. The molecule has 110 valence electrons. The van der Waals surface area contributed by atoms with Crippen LogP contribution in [-0.2, 0) is 0 Å². The fourth-order valence-electron chi connectivity index (χ4n) is 2.66. The zero-order chi connectivity index (χ0) is 14.9. The molecule has 0 atom stereocenters. The molecule has 0 aliphatic carbocycles. The van der Waals surface area contributed by atoms with Gasteiger partial charge in [0.2, 0.25) is 0 Å². The van der Waals surface area contributed by atoms with E-state index < -0.39 is 0 Å². The van der Waals surface area contributed by atoms with Gasteiger partial charge in [0.25, 0.3) is 5.91 Å². The zero-order valence-corrected chi connectivity index (χ0v) is 13.9. The first kappa shape index (κ1) is 15.3.